The van der Waals surface area contributed by atoms with Crippen LogP contribution in [-0.4, -0.2) is 29.9 Å². The Morgan fingerprint density at radius 1 is 1.26 bits per heavy atom. The predicted octanol–water partition coefficient (Wildman–Crippen LogP) is 3.01. The molecule has 120 valence electrons. The van der Waals surface area contributed by atoms with Crippen molar-refractivity contribution in [3.05, 3.63) is 69.5 Å². The number of benzene rings is 2. The van der Waals surface area contributed by atoms with Crippen LogP contribution in [0.15, 0.2) is 42.5 Å². The molecule has 6 nitrogen and oxygen atoms in total. The molecular formula is C16H15FN2O4. The van der Waals surface area contributed by atoms with Crippen molar-refractivity contribution < 1.29 is 18.8 Å². The first-order chi connectivity index (χ1) is 10.9. The Kier molecular flexibility index (Phi) is 4.90. The summed E-state index contributed by atoms with van der Waals surface area (Å²) in [4.78, 5) is 23.6. The lowest BCUT2D eigenvalue weighted by Crippen LogP contribution is -2.26. The summed E-state index contributed by atoms with van der Waals surface area (Å²) in [6.07, 6.45) is 0. The van der Waals surface area contributed by atoms with Crippen LogP contribution >= 0.6 is 0 Å². The van der Waals surface area contributed by atoms with E-state index < -0.39 is 22.3 Å². The van der Waals surface area contributed by atoms with Crippen LogP contribution in [0.3, 0.4) is 0 Å². The number of nitro groups is 1. The molecule has 0 N–H and O–H groups in total. The second-order valence-electron chi connectivity index (χ2n) is 4.93. The van der Waals surface area contributed by atoms with Crippen molar-refractivity contribution in [2.45, 2.75) is 6.54 Å². The van der Waals surface area contributed by atoms with Gasteiger partial charge in [-0.2, -0.15) is 4.39 Å². The number of rotatable bonds is 5. The van der Waals surface area contributed by atoms with E-state index in [1.54, 1.807) is 26.3 Å². The van der Waals surface area contributed by atoms with E-state index in [1.165, 1.54) is 11.0 Å². The number of amides is 1. The first-order valence-electron chi connectivity index (χ1n) is 6.74. The fraction of sp³-hybridized carbons (Fsp3) is 0.188. The zero-order valence-electron chi connectivity index (χ0n) is 12.7. The third kappa shape index (κ3) is 3.82. The van der Waals surface area contributed by atoms with Crippen molar-refractivity contribution in [2.24, 2.45) is 0 Å². The highest BCUT2D eigenvalue weighted by molar-refractivity contribution is 5.94. The summed E-state index contributed by atoms with van der Waals surface area (Å²) in [5, 5.41) is 10.7. The Morgan fingerprint density at radius 2 is 1.91 bits per heavy atom. The minimum Gasteiger partial charge on any atom is -0.497 e. The molecule has 0 aromatic heterocycles. The van der Waals surface area contributed by atoms with E-state index in [1.807, 2.05) is 12.1 Å². The van der Waals surface area contributed by atoms with Gasteiger partial charge in [0.1, 0.15) is 5.75 Å². The van der Waals surface area contributed by atoms with Crippen molar-refractivity contribution in [1.29, 1.82) is 0 Å². The fourth-order valence-corrected chi connectivity index (χ4v) is 2.08. The first-order valence-corrected chi connectivity index (χ1v) is 6.74. The van der Waals surface area contributed by atoms with Gasteiger partial charge in [-0.15, -0.1) is 0 Å². The normalized spacial score (nSPS) is 10.2. The Bertz CT molecular complexity index is 731. The van der Waals surface area contributed by atoms with Gasteiger partial charge in [-0.1, -0.05) is 12.1 Å². The quantitative estimate of drug-likeness (QED) is 0.627. The summed E-state index contributed by atoms with van der Waals surface area (Å²) in [5.41, 5.74) is 0.223. The predicted molar refractivity (Wildman–Crippen MR) is 81.8 cm³/mol. The third-order valence-electron chi connectivity index (χ3n) is 3.32. The first kappa shape index (κ1) is 16.4. The van der Waals surface area contributed by atoms with Crippen LogP contribution in [0.25, 0.3) is 0 Å². The van der Waals surface area contributed by atoms with Crippen molar-refractivity contribution in [2.75, 3.05) is 14.2 Å². The number of hydrogen-bond acceptors (Lipinski definition) is 4. The Labute approximate surface area is 132 Å². The molecule has 0 aliphatic carbocycles. The average molecular weight is 318 g/mol. The number of halogens is 1. The molecule has 0 aliphatic heterocycles. The molecule has 2 aromatic carbocycles. The molecule has 0 unspecified atom stereocenters. The second kappa shape index (κ2) is 6.87. The van der Waals surface area contributed by atoms with Crippen molar-refractivity contribution in [1.82, 2.24) is 4.90 Å². The molecule has 7 heteroatoms. The van der Waals surface area contributed by atoms with Gasteiger partial charge in [-0.3, -0.25) is 14.9 Å². The van der Waals surface area contributed by atoms with Crippen LogP contribution < -0.4 is 4.74 Å². The fourth-order valence-electron chi connectivity index (χ4n) is 2.08. The van der Waals surface area contributed by atoms with E-state index in [9.17, 15) is 19.3 Å². The van der Waals surface area contributed by atoms with Crippen LogP contribution in [0.1, 0.15) is 15.9 Å². The van der Waals surface area contributed by atoms with E-state index in [-0.39, 0.29) is 5.56 Å². The standard InChI is InChI=1S/C16H15FN2O4/c1-18(10-11-3-6-13(23-2)7-4-11)16(20)12-5-8-14(17)15(9-12)19(21)22/h3-9H,10H2,1-2H3. The molecule has 1 amide bonds. The lowest BCUT2D eigenvalue weighted by atomic mass is 10.1. The molecule has 0 atom stereocenters. The molecule has 0 bridgehead atoms. The van der Waals surface area contributed by atoms with Gasteiger partial charge in [0.25, 0.3) is 5.91 Å². The van der Waals surface area contributed by atoms with Gasteiger partial charge >= 0.3 is 5.69 Å². The van der Waals surface area contributed by atoms with Crippen LogP contribution in [0, 0.1) is 15.9 Å². The van der Waals surface area contributed by atoms with Crippen LogP contribution in [-0.2, 0) is 6.54 Å². The molecule has 23 heavy (non-hydrogen) atoms. The number of nitro benzene ring substituents is 1. The second-order valence-corrected chi connectivity index (χ2v) is 4.93. The van der Waals surface area contributed by atoms with E-state index in [0.29, 0.717) is 12.3 Å². The Hall–Kier alpha value is -2.96. The summed E-state index contributed by atoms with van der Waals surface area (Å²) in [6, 6.07) is 10.3. The molecule has 0 aliphatic rings. The third-order valence-corrected chi connectivity index (χ3v) is 3.32. The van der Waals surface area contributed by atoms with E-state index in [0.717, 1.165) is 17.7 Å². The number of nitrogens with zero attached hydrogens (tertiary/aromatic N) is 2. The topological polar surface area (TPSA) is 72.7 Å². The minimum atomic E-state index is -0.968. The van der Waals surface area contributed by atoms with Gasteiger partial charge in [0.15, 0.2) is 0 Å². The van der Waals surface area contributed by atoms with Crippen molar-refractivity contribution in [3.8, 4) is 5.75 Å². The van der Waals surface area contributed by atoms with Crippen LogP contribution in [0.4, 0.5) is 10.1 Å². The summed E-state index contributed by atoms with van der Waals surface area (Å²) < 4.78 is 18.4. The van der Waals surface area contributed by atoms with E-state index in [4.69, 9.17) is 4.74 Å². The molecular weight excluding hydrogens is 303 g/mol. The SMILES string of the molecule is COc1ccc(CN(C)C(=O)c2ccc(F)c([N+](=O)[O-])c2)cc1. The summed E-state index contributed by atoms with van der Waals surface area (Å²) >= 11 is 0. The summed E-state index contributed by atoms with van der Waals surface area (Å²) in [5.74, 6) is -0.690. The highest BCUT2D eigenvalue weighted by Gasteiger charge is 2.19. The van der Waals surface area contributed by atoms with Crippen LogP contribution in [0.5, 0.6) is 5.75 Å². The maximum absolute atomic E-state index is 13.3. The molecule has 0 heterocycles. The van der Waals surface area contributed by atoms with Crippen molar-refractivity contribution >= 4 is 11.6 Å². The summed E-state index contributed by atoms with van der Waals surface area (Å²) in [6.45, 7) is 0.313. The summed E-state index contributed by atoms with van der Waals surface area (Å²) in [7, 11) is 3.13. The van der Waals surface area contributed by atoms with Crippen molar-refractivity contribution in [3.63, 3.8) is 0 Å². The highest BCUT2D eigenvalue weighted by Crippen LogP contribution is 2.20. The minimum absolute atomic E-state index is 0.0640. The van der Waals surface area contributed by atoms with E-state index >= 15 is 0 Å². The lowest BCUT2D eigenvalue weighted by Gasteiger charge is -2.17. The molecule has 0 spiro atoms. The number of carbonyl (C=O) groups is 1. The maximum Gasteiger partial charge on any atom is 0.305 e. The molecule has 2 rings (SSSR count). The Balaban J connectivity index is 2.15. The molecule has 0 fully saturated rings. The van der Waals surface area contributed by atoms with E-state index in [2.05, 4.69) is 0 Å². The lowest BCUT2D eigenvalue weighted by molar-refractivity contribution is -0.387. The highest BCUT2D eigenvalue weighted by atomic mass is 19.1. The molecule has 0 radical (unpaired) electrons. The van der Waals surface area contributed by atoms with Gasteiger partial charge in [-0.05, 0) is 29.8 Å². The number of hydrogen-bond donors (Lipinski definition) is 0. The van der Waals surface area contributed by atoms with Gasteiger partial charge < -0.3 is 9.64 Å². The monoisotopic (exact) mass is 318 g/mol. The van der Waals surface area contributed by atoms with Gasteiger partial charge in [0.05, 0.1) is 12.0 Å². The average Bonchev–Trinajstić information content (AvgIpc) is 2.55. The molecule has 2 aromatic rings. The smallest absolute Gasteiger partial charge is 0.305 e. The zero-order valence-corrected chi connectivity index (χ0v) is 12.7. The zero-order chi connectivity index (χ0) is 17.0. The molecule has 0 saturated heterocycles. The molecule has 0 saturated carbocycles. The van der Waals surface area contributed by atoms with Gasteiger partial charge in [0.2, 0.25) is 5.82 Å². The number of methoxy groups -OCH3 is 1. The van der Waals surface area contributed by atoms with Crippen LogP contribution in [0.2, 0.25) is 0 Å². The van der Waals surface area contributed by atoms with Gasteiger partial charge in [-0.25, -0.2) is 0 Å². The largest absolute Gasteiger partial charge is 0.497 e. The number of ether oxygens (including phenoxy) is 1. The van der Waals surface area contributed by atoms with Gasteiger partial charge in [0, 0.05) is 25.2 Å². The maximum atomic E-state index is 13.3. The number of carbonyl (C=O) groups excluding carboxylic acids is 1. The Morgan fingerprint density at radius 3 is 2.48 bits per heavy atom.